The smallest absolute Gasteiger partial charge is 0.257 e. The molecule has 0 saturated carbocycles. The fourth-order valence-electron chi connectivity index (χ4n) is 3.75. The van der Waals surface area contributed by atoms with Gasteiger partial charge >= 0.3 is 0 Å². The number of hydrogen-bond acceptors (Lipinski definition) is 5. The van der Waals surface area contributed by atoms with E-state index >= 15 is 0 Å². The number of likely N-dealkylation sites (tertiary alicyclic amines) is 2. The Bertz CT molecular complexity index is 668. The summed E-state index contributed by atoms with van der Waals surface area (Å²) in [5, 5.41) is 0. The normalized spacial score (nSPS) is 18.5. The van der Waals surface area contributed by atoms with E-state index in [0.717, 1.165) is 57.6 Å². The van der Waals surface area contributed by atoms with Crippen LogP contribution in [0.15, 0.2) is 6.20 Å². The fourth-order valence-corrected chi connectivity index (χ4v) is 3.75. The van der Waals surface area contributed by atoms with Gasteiger partial charge in [-0.05, 0) is 38.5 Å². The van der Waals surface area contributed by atoms with Crippen LogP contribution in [0.1, 0.15) is 48.2 Å². The minimum absolute atomic E-state index is 0.0287. The van der Waals surface area contributed by atoms with Crippen LogP contribution in [0.2, 0.25) is 0 Å². The highest BCUT2D eigenvalue weighted by molar-refractivity contribution is 5.95. The molecule has 0 spiro atoms. The first kappa shape index (κ1) is 18.6. The van der Waals surface area contributed by atoms with Crippen LogP contribution in [0.4, 0.5) is 5.95 Å². The summed E-state index contributed by atoms with van der Waals surface area (Å²) in [6.45, 7) is 5.19. The van der Waals surface area contributed by atoms with E-state index < -0.39 is 0 Å². The van der Waals surface area contributed by atoms with Crippen LogP contribution in [-0.4, -0.2) is 71.9 Å². The molecule has 2 aliphatic heterocycles. The molecule has 0 N–H and O–H groups in total. The Balaban J connectivity index is 1.51. The number of carbonyl (C=O) groups excluding carboxylic acids is 2. The van der Waals surface area contributed by atoms with Crippen molar-refractivity contribution in [3.63, 3.8) is 0 Å². The quantitative estimate of drug-likeness (QED) is 0.801. The fraction of sp³-hybridized carbons (Fsp3) is 0.684. The van der Waals surface area contributed by atoms with Crippen molar-refractivity contribution in [3.05, 3.63) is 17.5 Å². The second-order valence-corrected chi connectivity index (χ2v) is 7.57. The maximum Gasteiger partial charge on any atom is 0.257 e. The van der Waals surface area contributed by atoms with Gasteiger partial charge in [-0.1, -0.05) is 0 Å². The Morgan fingerprint density at radius 3 is 2.58 bits per heavy atom. The lowest BCUT2D eigenvalue weighted by molar-refractivity contribution is -0.127. The first-order chi connectivity index (χ1) is 12.5. The predicted molar refractivity (Wildman–Crippen MR) is 100 cm³/mol. The van der Waals surface area contributed by atoms with Crippen molar-refractivity contribution in [2.24, 2.45) is 5.92 Å². The lowest BCUT2D eigenvalue weighted by atomic mass is 9.93. The number of aryl methyl sites for hydroxylation is 1. The third-order valence-corrected chi connectivity index (χ3v) is 5.48. The number of rotatable bonds is 5. The molecule has 2 fully saturated rings. The third-order valence-electron chi connectivity index (χ3n) is 5.48. The Morgan fingerprint density at radius 1 is 1.27 bits per heavy atom. The number of piperidine rings is 1. The van der Waals surface area contributed by atoms with E-state index in [2.05, 4.69) is 9.97 Å². The minimum Gasteiger partial charge on any atom is -0.347 e. The molecule has 26 heavy (non-hydrogen) atoms. The highest BCUT2D eigenvalue weighted by Crippen LogP contribution is 2.24. The van der Waals surface area contributed by atoms with Crippen molar-refractivity contribution in [1.29, 1.82) is 0 Å². The predicted octanol–water partition coefficient (Wildman–Crippen LogP) is 1.72. The molecule has 0 radical (unpaired) electrons. The number of nitrogens with zero attached hydrogens (tertiary/aromatic N) is 5. The van der Waals surface area contributed by atoms with Gasteiger partial charge in [0, 0.05) is 52.9 Å². The molecule has 1 aromatic rings. The van der Waals surface area contributed by atoms with Crippen molar-refractivity contribution < 1.29 is 9.59 Å². The Morgan fingerprint density at radius 2 is 2.00 bits per heavy atom. The van der Waals surface area contributed by atoms with Crippen molar-refractivity contribution in [3.8, 4) is 0 Å². The van der Waals surface area contributed by atoms with E-state index in [1.165, 1.54) is 0 Å². The summed E-state index contributed by atoms with van der Waals surface area (Å²) in [6.07, 6.45) is 6.41. The zero-order valence-corrected chi connectivity index (χ0v) is 16.1. The van der Waals surface area contributed by atoms with Gasteiger partial charge in [0.05, 0.1) is 11.3 Å². The van der Waals surface area contributed by atoms with E-state index in [4.69, 9.17) is 0 Å². The number of carbonyl (C=O) groups is 2. The number of anilines is 1. The maximum absolute atomic E-state index is 12.8. The molecule has 2 aliphatic rings. The molecule has 3 rings (SSSR count). The second-order valence-electron chi connectivity index (χ2n) is 7.57. The van der Waals surface area contributed by atoms with Crippen molar-refractivity contribution in [1.82, 2.24) is 19.8 Å². The summed E-state index contributed by atoms with van der Waals surface area (Å²) in [5.41, 5.74) is 1.32. The zero-order valence-electron chi connectivity index (χ0n) is 16.1. The molecule has 7 nitrogen and oxygen atoms in total. The Kier molecular flexibility index (Phi) is 5.74. The summed E-state index contributed by atoms with van der Waals surface area (Å²) in [7, 11) is 3.77. The average molecular weight is 359 g/mol. The molecule has 0 aromatic carbocycles. The lowest BCUT2D eigenvalue weighted by Gasteiger charge is -2.33. The maximum atomic E-state index is 12.8. The van der Waals surface area contributed by atoms with Gasteiger partial charge in [-0.3, -0.25) is 9.59 Å². The molecule has 3 heterocycles. The average Bonchev–Trinajstić information content (AvgIpc) is 3.04. The van der Waals surface area contributed by atoms with Crippen LogP contribution in [0.25, 0.3) is 0 Å². The molecular formula is C19H29N5O2. The standard InChI is InChI=1S/C19H29N5O2/c1-14-16(13-20-19(21-14)22(2)3)18(26)24-11-7-15(8-12-24)6-10-23-9-4-5-17(23)25/h13,15H,4-12H2,1-3H3. The van der Waals surface area contributed by atoms with Gasteiger partial charge in [-0.2, -0.15) is 0 Å². The molecule has 0 aliphatic carbocycles. The van der Waals surface area contributed by atoms with Crippen molar-refractivity contribution >= 4 is 17.8 Å². The van der Waals surface area contributed by atoms with Crippen molar-refractivity contribution in [2.45, 2.75) is 39.0 Å². The number of hydrogen-bond donors (Lipinski definition) is 0. The highest BCUT2D eigenvalue weighted by atomic mass is 16.2. The largest absolute Gasteiger partial charge is 0.347 e. The second kappa shape index (κ2) is 8.01. The van der Waals surface area contributed by atoms with E-state index in [-0.39, 0.29) is 5.91 Å². The molecule has 2 amide bonds. The van der Waals surface area contributed by atoms with E-state index in [0.29, 0.717) is 29.8 Å². The van der Waals surface area contributed by atoms with Gasteiger partial charge in [0.25, 0.3) is 5.91 Å². The third kappa shape index (κ3) is 4.14. The minimum atomic E-state index is 0.0287. The van der Waals surface area contributed by atoms with Gasteiger partial charge in [0.2, 0.25) is 11.9 Å². The molecule has 0 atom stereocenters. The van der Waals surface area contributed by atoms with Crippen LogP contribution >= 0.6 is 0 Å². The summed E-state index contributed by atoms with van der Waals surface area (Å²) >= 11 is 0. The summed E-state index contributed by atoms with van der Waals surface area (Å²) in [5.74, 6) is 1.55. The van der Waals surface area contributed by atoms with Crippen LogP contribution in [0.3, 0.4) is 0 Å². The van der Waals surface area contributed by atoms with E-state index in [1.807, 2.05) is 35.7 Å². The molecule has 1 aromatic heterocycles. The van der Waals surface area contributed by atoms with Crippen molar-refractivity contribution in [2.75, 3.05) is 45.2 Å². The van der Waals surface area contributed by atoms with Crippen LogP contribution in [0.5, 0.6) is 0 Å². The van der Waals surface area contributed by atoms with Gasteiger partial charge < -0.3 is 14.7 Å². The van der Waals surface area contributed by atoms with Crippen LogP contribution in [-0.2, 0) is 4.79 Å². The summed E-state index contributed by atoms with van der Waals surface area (Å²) in [6, 6.07) is 0. The first-order valence-electron chi connectivity index (χ1n) is 9.53. The Labute approximate surface area is 155 Å². The molecule has 2 saturated heterocycles. The molecule has 142 valence electrons. The number of amides is 2. The summed E-state index contributed by atoms with van der Waals surface area (Å²) in [4.78, 5) is 38.9. The Hall–Kier alpha value is -2.18. The highest BCUT2D eigenvalue weighted by Gasteiger charge is 2.27. The topological polar surface area (TPSA) is 69.6 Å². The van der Waals surface area contributed by atoms with E-state index in [1.54, 1.807) is 6.20 Å². The molecule has 0 bridgehead atoms. The zero-order chi connectivity index (χ0) is 18.7. The lowest BCUT2D eigenvalue weighted by Crippen LogP contribution is -2.39. The summed E-state index contributed by atoms with van der Waals surface area (Å²) < 4.78 is 0. The molecule has 7 heteroatoms. The van der Waals surface area contributed by atoms with Gasteiger partial charge in [-0.15, -0.1) is 0 Å². The van der Waals surface area contributed by atoms with Crippen LogP contribution in [0, 0.1) is 12.8 Å². The monoisotopic (exact) mass is 359 g/mol. The molecule has 0 unspecified atom stereocenters. The van der Waals surface area contributed by atoms with Crippen LogP contribution < -0.4 is 4.90 Å². The van der Waals surface area contributed by atoms with Gasteiger partial charge in [0.1, 0.15) is 0 Å². The SMILES string of the molecule is Cc1nc(N(C)C)ncc1C(=O)N1CCC(CCN2CCCC2=O)CC1. The number of aromatic nitrogens is 2. The first-order valence-corrected chi connectivity index (χ1v) is 9.53. The van der Waals surface area contributed by atoms with Gasteiger partial charge in [-0.25, -0.2) is 9.97 Å². The molecular weight excluding hydrogens is 330 g/mol. The van der Waals surface area contributed by atoms with E-state index in [9.17, 15) is 9.59 Å². The van der Waals surface area contributed by atoms with Gasteiger partial charge in [0.15, 0.2) is 0 Å².